The van der Waals surface area contributed by atoms with Gasteiger partial charge in [-0.3, -0.25) is 9.59 Å². The van der Waals surface area contributed by atoms with Crippen LogP contribution < -0.4 is 11.1 Å². The molecule has 0 fully saturated rings. The van der Waals surface area contributed by atoms with Crippen molar-refractivity contribution in [1.29, 1.82) is 0 Å². The monoisotopic (exact) mass is 226 g/mol. The lowest BCUT2D eigenvalue weighted by molar-refractivity contribution is -0.138. The predicted octanol–water partition coefficient (Wildman–Crippen LogP) is -1.05. The zero-order chi connectivity index (χ0) is 12.1. The zero-order valence-corrected chi connectivity index (χ0v) is 8.88. The third kappa shape index (κ3) is 3.06. The van der Waals surface area contributed by atoms with E-state index in [0.29, 0.717) is 5.69 Å². The number of hydrogen-bond donors (Lipinski definition) is 3. The Kier molecular flexibility index (Phi) is 4.01. The fraction of sp³-hybridized carbons (Fsp3) is 0.444. The van der Waals surface area contributed by atoms with Crippen molar-refractivity contribution in [1.82, 2.24) is 14.9 Å². The van der Waals surface area contributed by atoms with E-state index in [2.05, 4.69) is 10.3 Å². The zero-order valence-electron chi connectivity index (χ0n) is 8.88. The number of amides is 1. The molecule has 1 heterocycles. The number of aryl methyl sites for hydroxylation is 1. The van der Waals surface area contributed by atoms with Crippen molar-refractivity contribution in [3.63, 3.8) is 0 Å². The molecule has 4 N–H and O–H groups in total. The summed E-state index contributed by atoms with van der Waals surface area (Å²) in [6.45, 7) is 0.220. The molecule has 1 rings (SSSR count). The Morgan fingerprint density at radius 2 is 2.38 bits per heavy atom. The van der Waals surface area contributed by atoms with E-state index in [1.165, 1.54) is 12.5 Å². The average molecular weight is 226 g/mol. The van der Waals surface area contributed by atoms with Crippen LogP contribution in [0.4, 0.5) is 0 Å². The second-order valence-electron chi connectivity index (χ2n) is 3.38. The fourth-order valence-corrected chi connectivity index (χ4v) is 1.13. The minimum atomic E-state index is -1.07. The number of imidazole rings is 1. The Bertz CT molecular complexity index is 388. The summed E-state index contributed by atoms with van der Waals surface area (Å²) in [7, 11) is 1.70. The van der Waals surface area contributed by atoms with Gasteiger partial charge in [-0.25, -0.2) is 4.98 Å². The lowest BCUT2D eigenvalue weighted by Gasteiger charge is -2.07. The van der Waals surface area contributed by atoms with Gasteiger partial charge in [0.25, 0.3) is 5.91 Å². The molecule has 16 heavy (non-hydrogen) atoms. The minimum absolute atomic E-state index is 0.193. The summed E-state index contributed by atoms with van der Waals surface area (Å²) >= 11 is 0. The topological polar surface area (TPSA) is 110 Å². The Morgan fingerprint density at radius 1 is 1.69 bits per heavy atom. The van der Waals surface area contributed by atoms with Crippen LogP contribution in [0.2, 0.25) is 0 Å². The van der Waals surface area contributed by atoms with Gasteiger partial charge in [-0.15, -0.1) is 0 Å². The maximum Gasteiger partial charge on any atom is 0.320 e. The summed E-state index contributed by atoms with van der Waals surface area (Å²) in [5.41, 5.74) is 5.70. The van der Waals surface area contributed by atoms with Gasteiger partial charge < -0.3 is 20.7 Å². The normalized spacial score (nSPS) is 12.1. The molecular formula is C9H14N4O3. The molecule has 0 aliphatic heterocycles. The van der Waals surface area contributed by atoms with Crippen LogP contribution in [0.5, 0.6) is 0 Å². The largest absolute Gasteiger partial charge is 0.480 e. The summed E-state index contributed by atoms with van der Waals surface area (Å²) in [5, 5.41) is 11.1. The molecule has 1 atom stereocenters. The third-order valence-corrected chi connectivity index (χ3v) is 2.11. The van der Waals surface area contributed by atoms with Gasteiger partial charge in [-0.1, -0.05) is 0 Å². The number of hydrogen-bond acceptors (Lipinski definition) is 4. The number of carbonyl (C=O) groups excluding carboxylic acids is 1. The molecule has 0 aliphatic carbocycles. The first-order valence-corrected chi connectivity index (χ1v) is 4.75. The van der Waals surface area contributed by atoms with Crippen LogP contribution in [-0.4, -0.2) is 39.1 Å². The van der Waals surface area contributed by atoms with E-state index >= 15 is 0 Å². The van der Waals surface area contributed by atoms with Crippen molar-refractivity contribution < 1.29 is 14.7 Å². The van der Waals surface area contributed by atoms with Crippen LogP contribution in [0.1, 0.15) is 16.9 Å². The minimum Gasteiger partial charge on any atom is -0.480 e. The van der Waals surface area contributed by atoms with Crippen molar-refractivity contribution in [2.24, 2.45) is 12.8 Å². The van der Waals surface area contributed by atoms with Gasteiger partial charge in [-0.2, -0.15) is 0 Å². The van der Waals surface area contributed by atoms with Crippen molar-refractivity contribution in [3.8, 4) is 0 Å². The van der Waals surface area contributed by atoms with Crippen LogP contribution in [-0.2, 0) is 11.8 Å². The van der Waals surface area contributed by atoms with Crippen molar-refractivity contribution in [2.75, 3.05) is 6.54 Å². The second kappa shape index (κ2) is 5.26. The van der Waals surface area contributed by atoms with Gasteiger partial charge in [0, 0.05) is 13.6 Å². The van der Waals surface area contributed by atoms with E-state index in [-0.39, 0.29) is 18.9 Å². The number of rotatable bonds is 5. The van der Waals surface area contributed by atoms with Gasteiger partial charge >= 0.3 is 5.97 Å². The van der Waals surface area contributed by atoms with Gasteiger partial charge in [-0.05, 0) is 6.42 Å². The van der Waals surface area contributed by atoms with Crippen molar-refractivity contribution in [2.45, 2.75) is 12.5 Å². The highest BCUT2D eigenvalue weighted by molar-refractivity contribution is 5.92. The standard InChI is InChI=1S/C9H14N4O3/c1-13-5-11-4-7(13)8(14)12-3-2-6(10)9(15)16/h4-6H,2-3,10H2,1H3,(H,12,14)(H,15,16)/t6-/m0/s1. The van der Waals surface area contributed by atoms with E-state index in [4.69, 9.17) is 10.8 Å². The van der Waals surface area contributed by atoms with Gasteiger partial charge in [0.05, 0.1) is 12.5 Å². The molecule has 0 aromatic carbocycles. The van der Waals surface area contributed by atoms with Crippen LogP contribution in [0.15, 0.2) is 12.5 Å². The van der Waals surface area contributed by atoms with E-state index in [9.17, 15) is 9.59 Å². The predicted molar refractivity (Wildman–Crippen MR) is 55.8 cm³/mol. The number of aromatic nitrogens is 2. The summed E-state index contributed by atoms with van der Waals surface area (Å²) in [4.78, 5) is 25.7. The lowest BCUT2D eigenvalue weighted by Crippen LogP contribution is -2.35. The maximum atomic E-state index is 11.5. The second-order valence-corrected chi connectivity index (χ2v) is 3.38. The summed E-state index contributed by atoms with van der Waals surface area (Å²) in [6.07, 6.45) is 3.14. The number of carbonyl (C=O) groups is 2. The molecule has 1 aromatic heterocycles. The molecule has 0 unspecified atom stereocenters. The number of aliphatic carboxylic acids is 1. The first-order chi connectivity index (χ1) is 7.52. The Morgan fingerprint density at radius 3 is 2.88 bits per heavy atom. The quantitative estimate of drug-likeness (QED) is 0.593. The molecule has 0 radical (unpaired) electrons. The van der Waals surface area contributed by atoms with Gasteiger partial charge in [0.15, 0.2) is 0 Å². The number of carboxylic acid groups (broad SMARTS) is 1. The lowest BCUT2D eigenvalue weighted by atomic mass is 10.2. The molecule has 7 heteroatoms. The Balaban J connectivity index is 2.37. The first kappa shape index (κ1) is 12.2. The molecule has 7 nitrogen and oxygen atoms in total. The molecule has 0 aliphatic rings. The third-order valence-electron chi connectivity index (χ3n) is 2.11. The highest BCUT2D eigenvalue weighted by Gasteiger charge is 2.13. The molecule has 0 spiro atoms. The summed E-state index contributed by atoms with van der Waals surface area (Å²) in [6, 6.07) is -0.952. The molecule has 1 aromatic rings. The number of nitrogens with zero attached hydrogens (tertiary/aromatic N) is 2. The first-order valence-electron chi connectivity index (χ1n) is 4.75. The molecule has 0 saturated heterocycles. The van der Waals surface area contributed by atoms with Crippen LogP contribution in [0.25, 0.3) is 0 Å². The number of carboxylic acids is 1. The van der Waals surface area contributed by atoms with Crippen LogP contribution >= 0.6 is 0 Å². The van der Waals surface area contributed by atoms with Crippen LogP contribution in [0.3, 0.4) is 0 Å². The highest BCUT2D eigenvalue weighted by Crippen LogP contribution is 1.96. The number of nitrogens with two attached hydrogens (primary N) is 1. The molecular weight excluding hydrogens is 212 g/mol. The van der Waals surface area contributed by atoms with E-state index < -0.39 is 12.0 Å². The fourth-order valence-electron chi connectivity index (χ4n) is 1.13. The average Bonchev–Trinajstić information content (AvgIpc) is 2.64. The smallest absolute Gasteiger partial charge is 0.320 e. The number of nitrogens with one attached hydrogen (secondary N) is 1. The van der Waals surface area contributed by atoms with Gasteiger partial charge in [0.2, 0.25) is 0 Å². The SMILES string of the molecule is Cn1cncc1C(=O)NCC[C@H](N)C(=O)O. The van der Waals surface area contributed by atoms with Gasteiger partial charge in [0.1, 0.15) is 11.7 Å². The molecule has 0 saturated carbocycles. The Labute approximate surface area is 92.3 Å². The van der Waals surface area contributed by atoms with Crippen molar-refractivity contribution >= 4 is 11.9 Å². The van der Waals surface area contributed by atoms with E-state index in [1.807, 2.05) is 0 Å². The molecule has 1 amide bonds. The summed E-state index contributed by atoms with van der Waals surface area (Å²) in [5.74, 6) is -1.37. The van der Waals surface area contributed by atoms with Crippen molar-refractivity contribution in [3.05, 3.63) is 18.2 Å². The molecule has 0 bridgehead atoms. The molecule has 88 valence electrons. The maximum absolute atomic E-state index is 11.5. The van der Waals surface area contributed by atoms with E-state index in [1.54, 1.807) is 11.6 Å². The highest BCUT2D eigenvalue weighted by atomic mass is 16.4. The Hall–Kier alpha value is -1.89. The van der Waals surface area contributed by atoms with Crippen LogP contribution in [0, 0.1) is 0 Å². The van der Waals surface area contributed by atoms with E-state index in [0.717, 1.165) is 0 Å². The summed E-state index contributed by atoms with van der Waals surface area (Å²) < 4.78 is 1.58.